The number of benzene rings is 1. The van der Waals surface area contributed by atoms with Crippen molar-refractivity contribution in [2.45, 2.75) is 18.4 Å². The third kappa shape index (κ3) is 3.50. The molecule has 7 heteroatoms. The highest BCUT2D eigenvalue weighted by atomic mass is 79.9. The molecular weight excluding hydrogens is 362 g/mol. The summed E-state index contributed by atoms with van der Waals surface area (Å²) in [6.45, 7) is 2.41. The van der Waals surface area contributed by atoms with Gasteiger partial charge in [-0.05, 0) is 40.5 Å². The van der Waals surface area contributed by atoms with Gasteiger partial charge in [0, 0.05) is 28.8 Å². The van der Waals surface area contributed by atoms with E-state index >= 15 is 0 Å². The van der Waals surface area contributed by atoms with Crippen LogP contribution in [0.2, 0.25) is 0 Å². The second-order valence-corrected chi connectivity index (χ2v) is 9.15. The molecule has 0 amide bonds. The number of thioether (sulfide) groups is 1. The molecule has 1 aromatic carbocycles. The SMILES string of the molecule is C[C@H](O)c1ccc(N2CCSCC2S(C)(=O)=O)c(Br)c1. The highest BCUT2D eigenvalue weighted by molar-refractivity contribution is 9.10. The van der Waals surface area contributed by atoms with Crippen molar-refractivity contribution in [1.82, 2.24) is 0 Å². The zero-order chi connectivity index (χ0) is 14.9. The Balaban J connectivity index is 2.38. The number of aliphatic hydroxyl groups is 1. The van der Waals surface area contributed by atoms with Gasteiger partial charge in [-0.2, -0.15) is 11.8 Å². The molecule has 0 radical (unpaired) electrons. The van der Waals surface area contributed by atoms with Gasteiger partial charge in [0.05, 0.1) is 11.8 Å². The van der Waals surface area contributed by atoms with Crippen LogP contribution in [0.5, 0.6) is 0 Å². The van der Waals surface area contributed by atoms with Gasteiger partial charge in [0.2, 0.25) is 0 Å². The fraction of sp³-hybridized carbons (Fsp3) is 0.538. The topological polar surface area (TPSA) is 57.6 Å². The van der Waals surface area contributed by atoms with Gasteiger partial charge in [0.15, 0.2) is 9.84 Å². The summed E-state index contributed by atoms with van der Waals surface area (Å²) in [5, 5.41) is 9.11. The second kappa shape index (κ2) is 6.25. The van der Waals surface area contributed by atoms with Gasteiger partial charge >= 0.3 is 0 Å². The first-order chi connectivity index (χ1) is 9.30. The number of hydrogen-bond acceptors (Lipinski definition) is 5. The van der Waals surface area contributed by atoms with Gasteiger partial charge in [-0.25, -0.2) is 8.42 Å². The summed E-state index contributed by atoms with van der Waals surface area (Å²) < 4.78 is 24.7. The minimum absolute atomic E-state index is 0.491. The molecule has 2 rings (SSSR count). The summed E-state index contributed by atoms with van der Waals surface area (Å²) >= 11 is 5.16. The minimum Gasteiger partial charge on any atom is -0.389 e. The lowest BCUT2D eigenvalue weighted by atomic mass is 10.1. The lowest BCUT2D eigenvalue weighted by Gasteiger charge is -2.36. The third-order valence-corrected chi connectivity index (χ3v) is 6.62. The first kappa shape index (κ1) is 16.1. The fourth-order valence-electron chi connectivity index (χ4n) is 2.23. The molecule has 0 bridgehead atoms. The Hall–Kier alpha value is -0.240. The summed E-state index contributed by atoms with van der Waals surface area (Å²) in [7, 11) is -3.13. The van der Waals surface area contributed by atoms with Crippen LogP contribution in [0.4, 0.5) is 5.69 Å². The van der Waals surface area contributed by atoms with Crippen LogP contribution >= 0.6 is 27.7 Å². The van der Waals surface area contributed by atoms with Gasteiger partial charge in [-0.3, -0.25) is 0 Å². The Kier molecular flexibility index (Phi) is 5.05. The Morgan fingerprint density at radius 3 is 2.75 bits per heavy atom. The highest BCUT2D eigenvalue weighted by Gasteiger charge is 2.32. The average Bonchev–Trinajstić information content (AvgIpc) is 2.37. The maximum atomic E-state index is 11.9. The third-order valence-electron chi connectivity index (χ3n) is 3.34. The number of aliphatic hydroxyl groups excluding tert-OH is 1. The first-order valence-electron chi connectivity index (χ1n) is 6.31. The van der Waals surface area contributed by atoms with E-state index < -0.39 is 21.3 Å². The predicted molar refractivity (Wildman–Crippen MR) is 88.1 cm³/mol. The zero-order valence-corrected chi connectivity index (χ0v) is 14.6. The number of anilines is 1. The molecule has 2 atom stereocenters. The molecule has 0 saturated carbocycles. The molecule has 1 heterocycles. The monoisotopic (exact) mass is 379 g/mol. The lowest BCUT2D eigenvalue weighted by molar-refractivity contribution is 0.199. The summed E-state index contributed by atoms with van der Waals surface area (Å²) in [5.41, 5.74) is 1.67. The maximum absolute atomic E-state index is 11.9. The van der Waals surface area contributed by atoms with E-state index in [4.69, 9.17) is 0 Å². The van der Waals surface area contributed by atoms with Crippen LogP contribution in [0.1, 0.15) is 18.6 Å². The van der Waals surface area contributed by atoms with Crippen LogP contribution in [0.15, 0.2) is 22.7 Å². The number of nitrogens with zero attached hydrogens (tertiary/aromatic N) is 1. The molecule has 1 aromatic rings. The Morgan fingerprint density at radius 2 is 2.20 bits per heavy atom. The molecular formula is C13H18BrNO3S2. The molecule has 20 heavy (non-hydrogen) atoms. The minimum atomic E-state index is -3.13. The Bertz CT molecular complexity index is 589. The van der Waals surface area contributed by atoms with Gasteiger partial charge in [-0.15, -0.1) is 0 Å². The van der Waals surface area contributed by atoms with E-state index in [1.165, 1.54) is 6.26 Å². The number of halogens is 1. The predicted octanol–water partition coefficient (Wildman–Crippen LogP) is 2.43. The van der Waals surface area contributed by atoms with Crippen molar-refractivity contribution in [3.63, 3.8) is 0 Å². The van der Waals surface area contributed by atoms with Crippen LogP contribution in [0.3, 0.4) is 0 Å². The van der Waals surface area contributed by atoms with Gasteiger partial charge < -0.3 is 10.0 Å². The van der Waals surface area contributed by atoms with Gasteiger partial charge in [0.1, 0.15) is 5.37 Å². The van der Waals surface area contributed by atoms with Gasteiger partial charge in [0.25, 0.3) is 0 Å². The van der Waals surface area contributed by atoms with E-state index in [0.29, 0.717) is 12.3 Å². The molecule has 112 valence electrons. The molecule has 1 N–H and O–H groups in total. The van der Waals surface area contributed by atoms with Crippen molar-refractivity contribution in [2.24, 2.45) is 0 Å². The first-order valence-corrected chi connectivity index (χ1v) is 10.2. The van der Waals surface area contributed by atoms with Crippen molar-refractivity contribution in [3.8, 4) is 0 Å². The fourth-order valence-corrected chi connectivity index (χ4v) is 5.68. The van der Waals surface area contributed by atoms with Crippen molar-refractivity contribution in [3.05, 3.63) is 28.2 Å². The van der Waals surface area contributed by atoms with E-state index in [2.05, 4.69) is 15.9 Å². The van der Waals surface area contributed by atoms with Gasteiger partial charge in [-0.1, -0.05) is 6.07 Å². The molecule has 0 aromatic heterocycles. The Morgan fingerprint density at radius 1 is 1.50 bits per heavy atom. The second-order valence-electron chi connectivity index (χ2n) is 4.94. The van der Waals surface area contributed by atoms with Crippen LogP contribution in [0.25, 0.3) is 0 Å². The summed E-state index contributed by atoms with van der Waals surface area (Å²) in [4.78, 5) is 1.93. The van der Waals surface area contributed by atoms with Crippen LogP contribution in [0, 0.1) is 0 Å². The van der Waals surface area contributed by atoms with Crippen LogP contribution in [-0.4, -0.2) is 43.2 Å². The standard InChI is InChI=1S/C13H18BrNO3S2/c1-9(16)10-3-4-12(11(14)7-10)15-5-6-19-8-13(15)20(2,17)18/h3-4,7,9,13,16H,5-6,8H2,1-2H3/t9-,13?/m0/s1. The van der Waals surface area contributed by atoms with E-state index in [0.717, 1.165) is 21.5 Å². The molecule has 1 fully saturated rings. The molecule has 0 spiro atoms. The maximum Gasteiger partial charge on any atom is 0.169 e. The molecule has 0 aliphatic carbocycles. The van der Waals surface area contributed by atoms with E-state index in [-0.39, 0.29) is 0 Å². The van der Waals surface area contributed by atoms with Crippen LogP contribution in [-0.2, 0) is 9.84 Å². The smallest absolute Gasteiger partial charge is 0.169 e. The number of hydrogen-bond donors (Lipinski definition) is 1. The van der Waals surface area contributed by atoms with Crippen LogP contribution < -0.4 is 4.90 Å². The molecule has 4 nitrogen and oxygen atoms in total. The summed E-state index contributed by atoms with van der Waals surface area (Å²) in [6, 6.07) is 5.56. The molecule has 1 aliphatic heterocycles. The zero-order valence-electron chi connectivity index (χ0n) is 11.4. The molecule has 1 saturated heterocycles. The van der Waals surface area contributed by atoms with Crippen molar-refractivity contribution < 1.29 is 13.5 Å². The van der Waals surface area contributed by atoms with Crippen molar-refractivity contribution >= 4 is 43.2 Å². The average molecular weight is 380 g/mol. The van der Waals surface area contributed by atoms with Crippen molar-refractivity contribution in [2.75, 3.05) is 29.2 Å². The number of sulfone groups is 1. The molecule has 1 aliphatic rings. The van der Waals surface area contributed by atoms with E-state index in [1.807, 2.05) is 23.1 Å². The summed E-state index contributed by atoms with van der Waals surface area (Å²) in [5.74, 6) is 1.50. The quantitative estimate of drug-likeness (QED) is 0.873. The van der Waals surface area contributed by atoms with Crippen molar-refractivity contribution in [1.29, 1.82) is 0 Å². The lowest BCUT2D eigenvalue weighted by Crippen LogP contribution is -2.47. The highest BCUT2D eigenvalue weighted by Crippen LogP contribution is 2.34. The summed E-state index contributed by atoms with van der Waals surface area (Å²) in [6.07, 6.45) is 0.747. The van der Waals surface area contributed by atoms with E-state index in [9.17, 15) is 13.5 Å². The largest absolute Gasteiger partial charge is 0.389 e. The number of rotatable bonds is 3. The van der Waals surface area contributed by atoms with E-state index in [1.54, 1.807) is 18.7 Å². The molecule has 1 unspecified atom stereocenters. The Labute approximate surface area is 132 Å². The normalized spacial score (nSPS) is 21.8.